The SMILES string of the molecule is COc1ccc(-c2nnc(SCC(=O)N/N=C/c3ccc(OC)c(OCc4ccccc4)c3)n2-c2ccccc2)cc1. The van der Waals surface area contributed by atoms with Crippen molar-refractivity contribution in [1.82, 2.24) is 20.2 Å². The molecule has 0 fully saturated rings. The molecular formula is C32H29N5O4S. The van der Waals surface area contributed by atoms with Gasteiger partial charge in [0.15, 0.2) is 22.5 Å². The molecule has 1 aromatic heterocycles. The number of ether oxygens (including phenoxy) is 3. The summed E-state index contributed by atoms with van der Waals surface area (Å²) in [5, 5.41) is 13.5. The number of amides is 1. The van der Waals surface area contributed by atoms with Gasteiger partial charge in [0.05, 0.1) is 26.2 Å². The van der Waals surface area contributed by atoms with Crippen LogP contribution in [0.1, 0.15) is 11.1 Å². The second-order valence-electron chi connectivity index (χ2n) is 8.97. The minimum absolute atomic E-state index is 0.0962. The van der Waals surface area contributed by atoms with E-state index in [0.29, 0.717) is 29.1 Å². The van der Waals surface area contributed by atoms with Gasteiger partial charge in [0, 0.05) is 11.3 Å². The Morgan fingerprint density at radius 3 is 2.33 bits per heavy atom. The fraction of sp³-hybridized carbons (Fsp3) is 0.125. The highest BCUT2D eigenvalue weighted by Gasteiger charge is 2.17. The van der Waals surface area contributed by atoms with Gasteiger partial charge in [-0.05, 0) is 65.7 Å². The maximum atomic E-state index is 12.7. The number of carbonyl (C=O) groups excluding carboxylic acids is 1. The normalized spacial score (nSPS) is 10.9. The summed E-state index contributed by atoms with van der Waals surface area (Å²) in [5.74, 6) is 2.43. The highest BCUT2D eigenvalue weighted by molar-refractivity contribution is 7.99. The van der Waals surface area contributed by atoms with Crippen molar-refractivity contribution in [2.75, 3.05) is 20.0 Å². The first-order chi connectivity index (χ1) is 20.6. The molecule has 0 aliphatic carbocycles. The molecule has 10 heteroatoms. The standard InChI is InChI=1S/C32H29N5O4S/c1-39-27-16-14-25(15-17-27)31-35-36-32(37(31)26-11-7-4-8-12-26)42-22-30(38)34-33-20-24-13-18-28(40-2)29(19-24)41-21-23-9-5-3-6-10-23/h3-20H,21-22H2,1-2H3,(H,34,38)/b33-20+. The molecule has 5 aromatic rings. The molecule has 0 atom stereocenters. The van der Waals surface area contributed by atoms with Gasteiger partial charge in [-0.2, -0.15) is 5.10 Å². The molecule has 0 unspecified atom stereocenters. The summed E-state index contributed by atoms with van der Waals surface area (Å²) in [5.41, 5.74) is 6.14. The van der Waals surface area contributed by atoms with E-state index in [4.69, 9.17) is 14.2 Å². The van der Waals surface area contributed by atoms with Crippen molar-refractivity contribution in [3.05, 3.63) is 114 Å². The molecule has 0 saturated heterocycles. The Bertz CT molecular complexity index is 1640. The lowest BCUT2D eigenvalue weighted by Gasteiger charge is -2.11. The number of nitrogens with zero attached hydrogens (tertiary/aromatic N) is 4. The van der Waals surface area contributed by atoms with Crippen molar-refractivity contribution >= 4 is 23.9 Å². The fourth-order valence-corrected chi connectivity index (χ4v) is 4.81. The molecule has 1 amide bonds. The van der Waals surface area contributed by atoms with Crippen molar-refractivity contribution in [2.24, 2.45) is 5.10 Å². The topological polar surface area (TPSA) is 99.9 Å². The van der Waals surface area contributed by atoms with Crippen molar-refractivity contribution < 1.29 is 19.0 Å². The van der Waals surface area contributed by atoms with Gasteiger partial charge in [0.2, 0.25) is 0 Å². The van der Waals surface area contributed by atoms with E-state index in [1.54, 1.807) is 26.5 Å². The van der Waals surface area contributed by atoms with E-state index < -0.39 is 0 Å². The highest BCUT2D eigenvalue weighted by atomic mass is 32.2. The van der Waals surface area contributed by atoms with E-state index in [0.717, 1.165) is 28.1 Å². The van der Waals surface area contributed by atoms with E-state index >= 15 is 0 Å². The Kier molecular flexibility index (Phi) is 9.48. The van der Waals surface area contributed by atoms with E-state index in [1.165, 1.54) is 11.8 Å². The van der Waals surface area contributed by atoms with Gasteiger partial charge >= 0.3 is 0 Å². The zero-order valence-corrected chi connectivity index (χ0v) is 24.0. The number of benzene rings is 4. The second kappa shape index (κ2) is 14.0. The monoisotopic (exact) mass is 579 g/mol. The summed E-state index contributed by atoms with van der Waals surface area (Å²) in [6.45, 7) is 0.402. The van der Waals surface area contributed by atoms with E-state index in [1.807, 2.05) is 102 Å². The van der Waals surface area contributed by atoms with Gasteiger partial charge in [-0.25, -0.2) is 5.43 Å². The quantitative estimate of drug-likeness (QED) is 0.114. The van der Waals surface area contributed by atoms with Gasteiger partial charge in [0.25, 0.3) is 5.91 Å². The molecule has 0 radical (unpaired) electrons. The van der Waals surface area contributed by atoms with Gasteiger partial charge in [-0.1, -0.05) is 60.3 Å². The smallest absolute Gasteiger partial charge is 0.250 e. The summed E-state index contributed by atoms with van der Waals surface area (Å²) >= 11 is 1.27. The van der Waals surface area contributed by atoms with Crippen LogP contribution in [0.4, 0.5) is 0 Å². The summed E-state index contributed by atoms with van der Waals surface area (Å²) in [7, 11) is 3.22. The Balaban J connectivity index is 1.24. The zero-order valence-electron chi connectivity index (χ0n) is 23.1. The average Bonchev–Trinajstić information content (AvgIpc) is 3.48. The Labute approximate surface area is 248 Å². The first-order valence-corrected chi connectivity index (χ1v) is 14.1. The number of methoxy groups -OCH3 is 2. The Morgan fingerprint density at radius 1 is 0.881 bits per heavy atom. The second-order valence-corrected chi connectivity index (χ2v) is 9.91. The highest BCUT2D eigenvalue weighted by Crippen LogP contribution is 2.30. The van der Waals surface area contributed by atoms with E-state index in [2.05, 4.69) is 20.7 Å². The predicted molar refractivity (Wildman–Crippen MR) is 164 cm³/mol. The van der Waals surface area contributed by atoms with Crippen LogP contribution in [0.2, 0.25) is 0 Å². The minimum Gasteiger partial charge on any atom is -0.497 e. The van der Waals surface area contributed by atoms with Crippen LogP contribution < -0.4 is 19.6 Å². The molecule has 42 heavy (non-hydrogen) atoms. The van der Waals surface area contributed by atoms with Crippen LogP contribution in [-0.2, 0) is 11.4 Å². The molecule has 9 nitrogen and oxygen atoms in total. The van der Waals surface area contributed by atoms with Gasteiger partial charge in [-0.3, -0.25) is 9.36 Å². The number of hydrazone groups is 1. The lowest BCUT2D eigenvalue weighted by Crippen LogP contribution is -2.20. The van der Waals surface area contributed by atoms with Crippen LogP contribution in [0.25, 0.3) is 17.1 Å². The third-order valence-electron chi connectivity index (χ3n) is 6.16. The predicted octanol–water partition coefficient (Wildman–Crippen LogP) is 5.77. The largest absolute Gasteiger partial charge is 0.497 e. The van der Waals surface area contributed by atoms with Crippen LogP contribution >= 0.6 is 11.8 Å². The van der Waals surface area contributed by atoms with Gasteiger partial charge < -0.3 is 14.2 Å². The number of aromatic nitrogens is 3. The third-order valence-corrected chi connectivity index (χ3v) is 7.08. The molecule has 0 aliphatic heterocycles. The molecule has 0 saturated carbocycles. The fourth-order valence-electron chi connectivity index (χ4n) is 4.06. The number of hydrogen-bond donors (Lipinski definition) is 1. The first kappa shape index (κ1) is 28.4. The molecule has 0 spiro atoms. The van der Waals surface area contributed by atoms with E-state index in [-0.39, 0.29) is 11.7 Å². The first-order valence-electron chi connectivity index (χ1n) is 13.1. The molecule has 0 bridgehead atoms. The number of thioether (sulfide) groups is 1. The molecule has 4 aromatic carbocycles. The van der Waals surface area contributed by atoms with Crippen LogP contribution in [0.3, 0.4) is 0 Å². The Hall–Kier alpha value is -5.09. The lowest BCUT2D eigenvalue weighted by molar-refractivity contribution is -0.118. The zero-order chi connectivity index (χ0) is 29.1. The molecule has 0 aliphatic rings. The van der Waals surface area contributed by atoms with Crippen LogP contribution in [0.15, 0.2) is 113 Å². The number of nitrogens with one attached hydrogen (secondary N) is 1. The maximum Gasteiger partial charge on any atom is 0.250 e. The van der Waals surface area contributed by atoms with Gasteiger partial charge in [0.1, 0.15) is 12.4 Å². The Morgan fingerprint density at radius 2 is 1.62 bits per heavy atom. The summed E-state index contributed by atoms with van der Waals surface area (Å²) in [4.78, 5) is 12.7. The molecular weight excluding hydrogens is 550 g/mol. The molecule has 1 heterocycles. The maximum absolute atomic E-state index is 12.7. The summed E-state index contributed by atoms with van der Waals surface area (Å²) in [6.07, 6.45) is 1.56. The molecule has 5 rings (SSSR count). The van der Waals surface area contributed by atoms with Crippen molar-refractivity contribution in [3.63, 3.8) is 0 Å². The van der Waals surface area contributed by atoms with Crippen LogP contribution in [0.5, 0.6) is 17.2 Å². The molecule has 1 N–H and O–H groups in total. The lowest BCUT2D eigenvalue weighted by atomic mass is 10.2. The van der Waals surface area contributed by atoms with E-state index in [9.17, 15) is 4.79 Å². The number of carbonyl (C=O) groups is 1. The van der Waals surface area contributed by atoms with Crippen molar-refractivity contribution in [3.8, 4) is 34.3 Å². The average molecular weight is 580 g/mol. The molecule has 212 valence electrons. The number of hydrogen-bond acceptors (Lipinski definition) is 8. The number of rotatable bonds is 12. The third kappa shape index (κ3) is 7.15. The summed E-state index contributed by atoms with van der Waals surface area (Å²) < 4.78 is 18.6. The minimum atomic E-state index is -0.279. The van der Waals surface area contributed by atoms with Gasteiger partial charge in [-0.15, -0.1) is 10.2 Å². The summed E-state index contributed by atoms with van der Waals surface area (Å²) in [6, 6.07) is 32.7. The van der Waals surface area contributed by atoms with Crippen LogP contribution in [0, 0.1) is 0 Å². The van der Waals surface area contributed by atoms with Crippen molar-refractivity contribution in [2.45, 2.75) is 11.8 Å². The van der Waals surface area contributed by atoms with Crippen LogP contribution in [-0.4, -0.2) is 46.9 Å². The number of para-hydroxylation sites is 1. The van der Waals surface area contributed by atoms with Crippen molar-refractivity contribution in [1.29, 1.82) is 0 Å².